The predicted octanol–water partition coefficient (Wildman–Crippen LogP) is 2.21. The molecule has 2 aromatic heterocycles. The molecular formula is C18H12N2O3. The first kappa shape index (κ1) is 13.3. The van der Waals surface area contributed by atoms with Crippen LogP contribution in [0.4, 0.5) is 0 Å². The average Bonchev–Trinajstić information content (AvgIpc) is 2.59. The summed E-state index contributed by atoms with van der Waals surface area (Å²) in [5.41, 5.74) is 0.506. The van der Waals surface area contributed by atoms with Crippen molar-refractivity contribution >= 4 is 21.8 Å². The first-order valence-electron chi connectivity index (χ1n) is 7.14. The maximum absolute atomic E-state index is 12.2. The molecule has 0 saturated carbocycles. The van der Waals surface area contributed by atoms with E-state index in [1.807, 2.05) is 36.4 Å². The van der Waals surface area contributed by atoms with Gasteiger partial charge in [-0.15, -0.1) is 9.46 Å². The van der Waals surface area contributed by atoms with Crippen LogP contribution in [0.25, 0.3) is 21.8 Å². The summed E-state index contributed by atoms with van der Waals surface area (Å²) >= 11 is 0. The summed E-state index contributed by atoms with van der Waals surface area (Å²) in [6.07, 6.45) is 0. The molecule has 23 heavy (non-hydrogen) atoms. The van der Waals surface area contributed by atoms with E-state index in [-0.39, 0.29) is 11.1 Å². The minimum Gasteiger partial charge on any atom is -0.275 e. The van der Waals surface area contributed by atoms with Gasteiger partial charge in [-0.25, -0.2) is 0 Å². The highest BCUT2D eigenvalue weighted by atomic mass is 16.8. The molecule has 0 N–H and O–H groups in total. The van der Waals surface area contributed by atoms with Crippen LogP contribution in [0.15, 0.2) is 82.4 Å². The Morgan fingerprint density at radius 2 is 1.00 bits per heavy atom. The van der Waals surface area contributed by atoms with Crippen molar-refractivity contribution in [3.63, 3.8) is 0 Å². The van der Waals surface area contributed by atoms with Crippen molar-refractivity contribution in [3.05, 3.63) is 93.5 Å². The minimum atomic E-state index is -0.344. The van der Waals surface area contributed by atoms with Crippen molar-refractivity contribution in [1.82, 2.24) is 9.46 Å². The lowest BCUT2D eigenvalue weighted by Crippen LogP contribution is -2.35. The zero-order valence-corrected chi connectivity index (χ0v) is 12.0. The van der Waals surface area contributed by atoms with Crippen LogP contribution >= 0.6 is 0 Å². The van der Waals surface area contributed by atoms with Crippen molar-refractivity contribution in [2.45, 2.75) is 0 Å². The highest BCUT2D eigenvalue weighted by molar-refractivity contribution is 5.79. The molecule has 112 valence electrons. The fourth-order valence-electron chi connectivity index (χ4n) is 2.57. The summed E-state index contributed by atoms with van der Waals surface area (Å²) in [6, 6.07) is 21.0. The zero-order valence-electron chi connectivity index (χ0n) is 12.0. The third-order valence-corrected chi connectivity index (χ3v) is 3.69. The lowest BCUT2D eigenvalue weighted by molar-refractivity contribution is 0.0385. The lowest BCUT2D eigenvalue weighted by Gasteiger charge is -2.13. The lowest BCUT2D eigenvalue weighted by atomic mass is 10.2. The van der Waals surface area contributed by atoms with Gasteiger partial charge in [-0.05, 0) is 24.3 Å². The van der Waals surface area contributed by atoms with Gasteiger partial charge in [0.2, 0.25) is 0 Å². The highest BCUT2D eigenvalue weighted by Crippen LogP contribution is 2.12. The van der Waals surface area contributed by atoms with E-state index in [0.29, 0.717) is 11.0 Å². The molecule has 5 nitrogen and oxygen atoms in total. The van der Waals surface area contributed by atoms with E-state index in [9.17, 15) is 9.59 Å². The van der Waals surface area contributed by atoms with E-state index in [0.717, 1.165) is 20.2 Å². The average molecular weight is 304 g/mol. The smallest absolute Gasteiger partial charge is 0.275 e. The second kappa shape index (κ2) is 5.14. The largest absolute Gasteiger partial charge is 0.286 e. The summed E-state index contributed by atoms with van der Waals surface area (Å²) in [5, 5.41) is 1.70. The van der Waals surface area contributed by atoms with Gasteiger partial charge in [0.1, 0.15) is 0 Å². The normalized spacial score (nSPS) is 11.0. The molecule has 0 aliphatic heterocycles. The Morgan fingerprint density at radius 1 is 0.565 bits per heavy atom. The molecule has 0 saturated heterocycles. The summed E-state index contributed by atoms with van der Waals surface area (Å²) < 4.78 is 2.26. The van der Waals surface area contributed by atoms with Crippen LogP contribution in [0.5, 0.6) is 0 Å². The Morgan fingerprint density at radius 3 is 1.48 bits per heavy atom. The molecule has 0 aliphatic carbocycles. The van der Waals surface area contributed by atoms with E-state index in [2.05, 4.69) is 0 Å². The van der Waals surface area contributed by atoms with Gasteiger partial charge in [-0.3, -0.25) is 14.5 Å². The van der Waals surface area contributed by atoms with Gasteiger partial charge in [-0.2, -0.15) is 0 Å². The molecule has 2 heterocycles. The van der Waals surface area contributed by atoms with E-state index in [4.69, 9.17) is 4.94 Å². The first-order chi connectivity index (χ1) is 11.2. The van der Waals surface area contributed by atoms with Gasteiger partial charge in [-0.1, -0.05) is 36.4 Å². The Bertz CT molecular complexity index is 1050. The van der Waals surface area contributed by atoms with Gasteiger partial charge in [0.05, 0.1) is 11.0 Å². The van der Waals surface area contributed by atoms with Crippen LogP contribution < -0.4 is 16.1 Å². The second-order valence-electron chi connectivity index (χ2n) is 5.13. The highest BCUT2D eigenvalue weighted by Gasteiger charge is 2.08. The number of pyridine rings is 2. The van der Waals surface area contributed by atoms with Crippen LogP contribution in [-0.2, 0) is 0 Å². The topological polar surface area (TPSA) is 53.2 Å². The predicted molar refractivity (Wildman–Crippen MR) is 88.4 cm³/mol. The SMILES string of the molecule is O=c1ccc2ccccc2n1On1c(=O)ccc2ccccc21. The number of hydrogen-bond donors (Lipinski definition) is 0. The number of hydrogen-bond acceptors (Lipinski definition) is 3. The van der Waals surface area contributed by atoms with Crippen molar-refractivity contribution in [2.24, 2.45) is 0 Å². The molecule has 0 spiro atoms. The van der Waals surface area contributed by atoms with Crippen molar-refractivity contribution in [3.8, 4) is 0 Å². The molecule has 5 heteroatoms. The Kier molecular flexibility index (Phi) is 2.98. The Balaban J connectivity index is 1.99. The van der Waals surface area contributed by atoms with Crippen LogP contribution in [0.2, 0.25) is 0 Å². The fourth-order valence-corrected chi connectivity index (χ4v) is 2.57. The maximum Gasteiger partial charge on any atom is 0.286 e. The van der Waals surface area contributed by atoms with Gasteiger partial charge in [0, 0.05) is 22.9 Å². The molecule has 0 bridgehead atoms. The van der Waals surface area contributed by atoms with Gasteiger partial charge in [0.25, 0.3) is 11.1 Å². The summed E-state index contributed by atoms with van der Waals surface area (Å²) in [5.74, 6) is 0. The molecule has 0 aliphatic rings. The van der Waals surface area contributed by atoms with Crippen LogP contribution in [0.1, 0.15) is 0 Å². The summed E-state index contributed by atoms with van der Waals surface area (Å²) in [4.78, 5) is 30.1. The molecule has 0 atom stereocenters. The first-order valence-corrected chi connectivity index (χ1v) is 7.14. The third-order valence-electron chi connectivity index (χ3n) is 3.69. The fraction of sp³-hybridized carbons (Fsp3) is 0. The monoisotopic (exact) mass is 304 g/mol. The number of benzene rings is 2. The maximum atomic E-state index is 12.2. The standard InChI is InChI=1S/C18H12N2O3/c21-17-11-9-13-5-1-3-7-15(13)19(17)23-20-16-8-4-2-6-14(16)10-12-18(20)22/h1-12H. The van der Waals surface area contributed by atoms with E-state index < -0.39 is 0 Å². The van der Waals surface area contributed by atoms with E-state index >= 15 is 0 Å². The number of rotatable bonds is 2. The van der Waals surface area contributed by atoms with Crippen molar-refractivity contribution in [2.75, 3.05) is 0 Å². The number of nitrogens with zero attached hydrogens (tertiary/aromatic N) is 2. The molecule has 2 aromatic carbocycles. The number of para-hydroxylation sites is 2. The van der Waals surface area contributed by atoms with Crippen molar-refractivity contribution in [1.29, 1.82) is 0 Å². The molecule has 4 rings (SSSR count). The zero-order chi connectivity index (χ0) is 15.8. The van der Waals surface area contributed by atoms with Crippen LogP contribution in [0, 0.1) is 0 Å². The second-order valence-corrected chi connectivity index (χ2v) is 5.13. The quantitative estimate of drug-likeness (QED) is 0.570. The Labute approximate surface area is 130 Å². The van der Waals surface area contributed by atoms with Gasteiger partial charge in [0.15, 0.2) is 0 Å². The molecule has 0 fully saturated rings. The Hall–Kier alpha value is -3.34. The number of fused-ring (bicyclic) bond motifs is 2. The van der Waals surface area contributed by atoms with Crippen molar-refractivity contribution < 1.29 is 4.94 Å². The summed E-state index contributed by atoms with van der Waals surface area (Å²) in [6.45, 7) is 0. The van der Waals surface area contributed by atoms with E-state index in [1.165, 1.54) is 12.1 Å². The van der Waals surface area contributed by atoms with E-state index in [1.54, 1.807) is 24.3 Å². The molecule has 0 amide bonds. The van der Waals surface area contributed by atoms with Gasteiger partial charge >= 0.3 is 0 Å². The van der Waals surface area contributed by atoms with Crippen LogP contribution in [0.3, 0.4) is 0 Å². The minimum absolute atomic E-state index is 0.344. The summed E-state index contributed by atoms with van der Waals surface area (Å²) in [7, 11) is 0. The number of aromatic nitrogens is 2. The van der Waals surface area contributed by atoms with Gasteiger partial charge < -0.3 is 0 Å². The van der Waals surface area contributed by atoms with Crippen LogP contribution in [-0.4, -0.2) is 9.46 Å². The molecule has 0 radical (unpaired) electrons. The molecule has 0 unspecified atom stereocenters. The molecule has 4 aromatic rings. The third kappa shape index (κ3) is 2.19. The molecular weight excluding hydrogens is 292 g/mol.